The number of Topliss-reactive ketones (excluding diaryl/α,β-unsaturated/α-hetero) is 3. The van der Waals surface area contributed by atoms with Crippen molar-refractivity contribution in [3.8, 4) is 0 Å². The Morgan fingerprint density at radius 1 is 0.714 bits per heavy atom. The van der Waals surface area contributed by atoms with Crippen molar-refractivity contribution in [2.24, 2.45) is 0 Å². The first-order chi connectivity index (χ1) is 10.2. The van der Waals surface area contributed by atoms with Gasteiger partial charge in [-0.15, -0.1) is 0 Å². The maximum Gasteiger partial charge on any atom is 0.233 e. The fourth-order valence-corrected chi connectivity index (χ4v) is 2.45. The molecule has 0 radical (unpaired) electrons. The van der Waals surface area contributed by atoms with Crippen LogP contribution >= 0.6 is 0 Å². The minimum atomic E-state index is -0.992. The van der Waals surface area contributed by atoms with Gasteiger partial charge in [0.05, 0.1) is 5.57 Å². The lowest BCUT2D eigenvalue weighted by Gasteiger charge is -2.04. The summed E-state index contributed by atoms with van der Waals surface area (Å²) < 4.78 is 0. The van der Waals surface area contributed by atoms with E-state index in [1.54, 1.807) is 42.5 Å². The van der Waals surface area contributed by atoms with Crippen molar-refractivity contribution in [2.45, 2.75) is 5.92 Å². The number of hydrogen-bond acceptors (Lipinski definition) is 3. The summed E-state index contributed by atoms with van der Waals surface area (Å²) in [5.74, 6) is -2.75. The summed E-state index contributed by atoms with van der Waals surface area (Å²) >= 11 is 0. The first-order valence-electron chi connectivity index (χ1n) is 6.63. The van der Waals surface area contributed by atoms with E-state index in [2.05, 4.69) is 0 Å². The lowest BCUT2D eigenvalue weighted by Crippen LogP contribution is -2.14. The Bertz CT molecular complexity index is 743. The highest BCUT2D eigenvalue weighted by Crippen LogP contribution is 2.30. The molecule has 0 N–H and O–H groups in total. The second-order valence-electron chi connectivity index (χ2n) is 4.87. The Kier molecular flexibility index (Phi) is 3.32. The zero-order valence-electron chi connectivity index (χ0n) is 11.2. The van der Waals surface area contributed by atoms with Crippen LogP contribution in [0.3, 0.4) is 0 Å². The molecule has 0 amide bonds. The molecule has 0 bridgehead atoms. The van der Waals surface area contributed by atoms with Crippen LogP contribution in [-0.4, -0.2) is 17.3 Å². The molecule has 0 aliphatic heterocycles. The number of ketones is 3. The van der Waals surface area contributed by atoms with Gasteiger partial charge in [0.25, 0.3) is 0 Å². The molecule has 3 heteroatoms. The summed E-state index contributed by atoms with van der Waals surface area (Å²) in [4.78, 5) is 36.6. The van der Waals surface area contributed by atoms with E-state index < -0.39 is 23.3 Å². The zero-order chi connectivity index (χ0) is 14.8. The lowest BCUT2D eigenvalue weighted by atomic mass is 9.95. The topological polar surface area (TPSA) is 51.2 Å². The molecule has 1 atom stereocenters. The van der Waals surface area contributed by atoms with E-state index in [0.29, 0.717) is 5.56 Å². The van der Waals surface area contributed by atoms with Gasteiger partial charge < -0.3 is 0 Å². The molecule has 0 heterocycles. The number of hydrogen-bond donors (Lipinski definition) is 0. The Labute approximate surface area is 121 Å². The highest BCUT2D eigenvalue weighted by Gasteiger charge is 2.45. The van der Waals surface area contributed by atoms with Gasteiger partial charge in [-0.1, -0.05) is 60.7 Å². The number of carbonyl (C=O) groups is 3. The second kappa shape index (κ2) is 5.29. The van der Waals surface area contributed by atoms with Crippen LogP contribution in [0.4, 0.5) is 0 Å². The summed E-state index contributed by atoms with van der Waals surface area (Å²) in [5.41, 5.74) is 1.27. The standard InChI is InChI=1S/C18H12O3/c19-16-14(11-12-7-3-1-4-8-12)17(20)18(21)15(16)13-9-5-2-6-10-13/h1-11,15H. The molecule has 2 aromatic carbocycles. The van der Waals surface area contributed by atoms with Gasteiger partial charge >= 0.3 is 0 Å². The Hall–Kier alpha value is -2.81. The molecule has 1 saturated carbocycles. The van der Waals surface area contributed by atoms with Gasteiger partial charge in [-0.2, -0.15) is 0 Å². The molecule has 2 aromatic rings. The van der Waals surface area contributed by atoms with Crippen LogP contribution in [0.5, 0.6) is 0 Å². The van der Waals surface area contributed by atoms with Gasteiger partial charge in [0.15, 0.2) is 5.78 Å². The summed E-state index contributed by atoms with van der Waals surface area (Å²) in [6.07, 6.45) is 1.49. The van der Waals surface area contributed by atoms with Gasteiger partial charge in [0, 0.05) is 0 Å². The average molecular weight is 276 g/mol. The molecule has 3 nitrogen and oxygen atoms in total. The van der Waals surface area contributed by atoms with Crippen LogP contribution < -0.4 is 0 Å². The van der Waals surface area contributed by atoms with Crippen molar-refractivity contribution in [2.75, 3.05) is 0 Å². The summed E-state index contributed by atoms with van der Waals surface area (Å²) in [6, 6.07) is 17.7. The summed E-state index contributed by atoms with van der Waals surface area (Å²) in [7, 11) is 0. The Morgan fingerprint density at radius 2 is 1.29 bits per heavy atom. The van der Waals surface area contributed by atoms with E-state index in [1.807, 2.05) is 18.2 Å². The van der Waals surface area contributed by atoms with Gasteiger partial charge in [-0.05, 0) is 17.2 Å². The smallest absolute Gasteiger partial charge is 0.233 e. The van der Waals surface area contributed by atoms with Crippen LogP contribution in [-0.2, 0) is 14.4 Å². The first-order valence-corrected chi connectivity index (χ1v) is 6.63. The van der Waals surface area contributed by atoms with Crippen LogP contribution in [0.25, 0.3) is 6.08 Å². The fraction of sp³-hybridized carbons (Fsp3) is 0.0556. The number of allylic oxidation sites excluding steroid dienone is 1. The monoisotopic (exact) mass is 276 g/mol. The minimum absolute atomic E-state index is 0.0277. The van der Waals surface area contributed by atoms with Crippen LogP contribution in [0.2, 0.25) is 0 Å². The zero-order valence-corrected chi connectivity index (χ0v) is 11.2. The third kappa shape index (κ3) is 2.34. The lowest BCUT2D eigenvalue weighted by molar-refractivity contribution is -0.133. The van der Waals surface area contributed by atoms with Crippen LogP contribution in [0, 0.1) is 0 Å². The van der Waals surface area contributed by atoms with Crippen molar-refractivity contribution in [3.05, 3.63) is 77.4 Å². The fourth-order valence-electron chi connectivity index (χ4n) is 2.45. The van der Waals surface area contributed by atoms with Crippen LogP contribution in [0.15, 0.2) is 66.2 Å². The van der Waals surface area contributed by atoms with Gasteiger partial charge in [-0.3, -0.25) is 14.4 Å². The largest absolute Gasteiger partial charge is 0.293 e. The van der Waals surface area contributed by atoms with Crippen molar-refractivity contribution in [1.29, 1.82) is 0 Å². The van der Waals surface area contributed by atoms with E-state index in [9.17, 15) is 14.4 Å². The number of benzene rings is 2. The number of rotatable bonds is 2. The van der Waals surface area contributed by atoms with Gasteiger partial charge in [0.1, 0.15) is 5.92 Å². The summed E-state index contributed by atoms with van der Waals surface area (Å²) in [5, 5.41) is 0. The van der Waals surface area contributed by atoms with Crippen molar-refractivity contribution in [3.63, 3.8) is 0 Å². The van der Waals surface area contributed by atoms with Crippen LogP contribution in [0.1, 0.15) is 17.0 Å². The summed E-state index contributed by atoms with van der Waals surface area (Å²) in [6.45, 7) is 0. The van der Waals surface area contributed by atoms with E-state index >= 15 is 0 Å². The van der Waals surface area contributed by atoms with Crippen molar-refractivity contribution >= 4 is 23.4 Å². The molecular formula is C18H12O3. The molecule has 21 heavy (non-hydrogen) atoms. The van der Waals surface area contributed by atoms with Crippen molar-refractivity contribution < 1.29 is 14.4 Å². The van der Waals surface area contributed by atoms with E-state index in [1.165, 1.54) is 6.08 Å². The third-order valence-corrected chi connectivity index (χ3v) is 3.50. The van der Waals surface area contributed by atoms with Gasteiger partial charge in [0.2, 0.25) is 11.6 Å². The Morgan fingerprint density at radius 3 is 1.90 bits per heavy atom. The minimum Gasteiger partial charge on any atom is -0.293 e. The molecule has 0 spiro atoms. The SMILES string of the molecule is O=C1C(=O)C(c2ccccc2)C(=O)C1=Cc1ccccc1. The highest BCUT2D eigenvalue weighted by molar-refractivity contribution is 6.62. The molecule has 102 valence electrons. The molecule has 1 unspecified atom stereocenters. The molecule has 1 aliphatic carbocycles. The normalized spacial score (nSPS) is 20.3. The van der Waals surface area contributed by atoms with Crippen molar-refractivity contribution in [1.82, 2.24) is 0 Å². The number of carbonyl (C=O) groups excluding carboxylic acids is 3. The van der Waals surface area contributed by atoms with E-state index in [-0.39, 0.29) is 5.57 Å². The molecule has 0 saturated heterocycles. The maximum atomic E-state index is 12.4. The highest BCUT2D eigenvalue weighted by atomic mass is 16.2. The molecule has 3 rings (SSSR count). The molecule has 1 aliphatic rings. The molecule has 1 fully saturated rings. The predicted octanol–water partition coefficient (Wildman–Crippen LogP) is 2.57. The van der Waals surface area contributed by atoms with E-state index in [4.69, 9.17) is 0 Å². The predicted molar refractivity (Wildman–Crippen MR) is 78.6 cm³/mol. The molecule has 0 aromatic heterocycles. The second-order valence-corrected chi connectivity index (χ2v) is 4.87. The van der Waals surface area contributed by atoms with Gasteiger partial charge in [-0.25, -0.2) is 0 Å². The molecular weight excluding hydrogens is 264 g/mol. The Balaban J connectivity index is 2.03. The maximum absolute atomic E-state index is 12.4. The average Bonchev–Trinajstić information content (AvgIpc) is 2.73. The third-order valence-electron chi connectivity index (χ3n) is 3.50. The first kappa shape index (κ1) is 13.2. The van der Waals surface area contributed by atoms with E-state index in [0.717, 1.165) is 5.56 Å². The quantitative estimate of drug-likeness (QED) is 0.366.